The van der Waals surface area contributed by atoms with Crippen LogP contribution in [-0.2, 0) is 10.0 Å². The van der Waals surface area contributed by atoms with E-state index in [9.17, 15) is 17.2 Å². The highest BCUT2D eigenvalue weighted by Gasteiger charge is 2.23. The van der Waals surface area contributed by atoms with Gasteiger partial charge in [0.2, 0.25) is 0 Å². The first kappa shape index (κ1) is 24.2. The first-order chi connectivity index (χ1) is 15.2. The Labute approximate surface area is 194 Å². The molecule has 3 rings (SSSR count). The molecule has 1 heterocycles. The van der Waals surface area contributed by atoms with Gasteiger partial charge in [-0.1, -0.05) is 11.6 Å². The zero-order valence-corrected chi connectivity index (χ0v) is 19.7. The molecule has 0 aliphatic rings. The van der Waals surface area contributed by atoms with Gasteiger partial charge >= 0.3 is 0 Å². The van der Waals surface area contributed by atoms with Gasteiger partial charge in [0.25, 0.3) is 10.0 Å². The molecule has 0 spiro atoms. The van der Waals surface area contributed by atoms with Gasteiger partial charge in [-0.3, -0.25) is 4.72 Å². The molecule has 0 unspecified atom stereocenters. The minimum absolute atomic E-state index is 0.0156. The highest BCUT2D eigenvalue weighted by molar-refractivity contribution is 7.92. The monoisotopic (exact) mass is 501 g/mol. The van der Waals surface area contributed by atoms with Gasteiger partial charge < -0.3 is 15.5 Å². The number of anilines is 4. The largest absolute Gasteiger partial charge is 0.373 e. The van der Waals surface area contributed by atoms with Crippen molar-refractivity contribution in [1.29, 1.82) is 0 Å². The molecule has 0 aliphatic carbocycles. The van der Waals surface area contributed by atoms with Gasteiger partial charge in [0.05, 0.1) is 27.6 Å². The number of benzene rings is 2. The summed E-state index contributed by atoms with van der Waals surface area (Å²) in [5.74, 6) is -1.33. The van der Waals surface area contributed by atoms with Crippen LogP contribution < -0.4 is 20.3 Å². The number of nitrogens with zero attached hydrogens (tertiary/aromatic N) is 2. The molecule has 0 radical (unpaired) electrons. The van der Waals surface area contributed by atoms with Crippen molar-refractivity contribution in [2.75, 3.05) is 42.1 Å². The smallest absolute Gasteiger partial charge is 0.266 e. The van der Waals surface area contributed by atoms with Crippen LogP contribution in [0.1, 0.15) is 6.42 Å². The Bertz CT molecular complexity index is 1180. The SMILES string of the molecule is CNCCCN(C)c1cc(F)ccc1Nc1cc(F)c(S(=O)(=O)Nc2cscn2)cc1Cl. The van der Waals surface area contributed by atoms with Gasteiger partial charge in [0.1, 0.15) is 16.5 Å². The Morgan fingerprint density at radius 2 is 1.97 bits per heavy atom. The van der Waals surface area contributed by atoms with E-state index in [-0.39, 0.29) is 16.5 Å². The minimum atomic E-state index is -4.22. The number of halogens is 3. The average molecular weight is 502 g/mol. The number of hydrogen-bond donors (Lipinski definition) is 3. The molecule has 2 aromatic carbocycles. The van der Waals surface area contributed by atoms with Crippen LogP contribution in [0, 0.1) is 11.6 Å². The molecule has 0 amide bonds. The van der Waals surface area contributed by atoms with E-state index in [4.69, 9.17) is 11.6 Å². The van der Waals surface area contributed by atoms with E-state index in [2.05, 4.69) is 20.3 Å². The second kappa shape index (κ2) is 10.4. The molecule has 3 aromatic rings. The molecule has 0 saturated carbocycles. The van der Waals surface area contributed by atoms with Gasteiger partial charge in [-0.25, -0.2) is 22.2 Å². The second-order valence-electron chi connectivity index (χ2n) is 6.91. The van der Waals surface area contributed by atoms with Crippen molar-refractivity contribution in [3.05, 3.63) is 57.9 Å². The predicted molar refractivity (Wildman–Crippen MR) is 126 cm³/mol. The number of sulfonamides is 1. The second-order valence-corrected chi connectivity index (χ2v) is 9.68. The van der Waals surface area contributed by atoms with Crippen molar-refractivity contribution in [3.8, 4) is 0 Å². The molecule has 0 atom stereocenters. The maximum Gasteiger partial charge on any atom is 0.266 e. The number of hydrogen-bond acceptors (Lipinski definition) is 7. The maximum absolute atomic E-state index is 14.8. The lowest BCUT2D eigenvalue weighted by Crippen LogP contribution is -2.23. The Morgan fingerprint density at radius 3 is 2.66 bits per heavy atom. The highest BCUT2D eigenvalue weighted by Crippen LogP contribution is 2.35. The third kappa shape index (κ3) is 5.85. The van der Waals surface area contributed by atoms with E-state index in [0.29, 0.717) is 17.9 Å². The van der Waals surface area contributed by atoms with E-state index in [1.807, 2.05) is 19.0 Å². The van der Waals surface area contributed by atoms with E-state index in [1.165, 1.54) is 40.4 Å². The summed E-state index contributed by atoms with van der Waals surface area (Å²) < 4.78 is 55.9. The van der Waals surface area contributed by atoms with E-state index in [0.717, 1.165) is 25.1 Å². The fraction of sp³-hybridized carbons (Fsp3) is 0.250. The van der Waals surface area contributed by atoms with Crippen LogP contribution in [0.15, 0.2) is 46.1 Å². The highest BCUT2D eigenvalue weighted by atomic mass is 35.5. The van der Waals surface area contributed by atoms with Gasteiger partial charge in [-0.2, -0.15) is 0 Å². The zero-order chi connectivity index (χ0) is 23.3. The molecule has 172 valence electrons. The maximum atomic E-state index is 14.8. The van der Waals surface area contributed by atoms with E-state index < -0.39 is 26.6 Å². The van der Waals surface area contributed by atoms with E-state index in [1.54, 1.807) is 0 Å². The number of aromatic nitrogens is 1. The van der Waals surface area contributed by atoms with Crippen molar-refractivity contribution in [3.63, 3.8) is 0 Å². The van der Waals surface area contributed by atoms with Crippen molar-refractivity contribution < 1.29 is 17.2 Å². The normalized spacial score (nSPS) is 11.4. The van der Waals surface area contributed by atoms with Gasteiger partial charge in [0, 0.05) is 25.0 Å². The Kier molecular flexibility index (Phi) is 7.88. The Hall–Kier alpha value is -2.47. The lowest BCUT2D eigenvalue weighted by molar-refractivity contribution is 0.570. The molecule has 12 heteroatoms. The zero-order valence-electron chi connectivity index (χ0n) is 17.3. The summed E-state index contributed by atoms with van der Waals surface area (Å²) in [4.78, 5) is 5.09. The molecule has 0 aliphatic heterocycles. The lowest BCUT2D eigenvalue weighted by Gasteiger charge is -2.23. The van der Waals surface area contributed by atoms with Crippen molar-refractivity contribution >= 4 is 55.8 Å². The Morgan fingerprint density at radius 1 is 1.19 bits per heavy atom. The molecule has 0 fully saturated rings. The standard InChI is InChI=1S/C20H22ClF2N5O2S2/c1-24-6-3-7-28(2)18-8-13(22)4-5-16(18)26-17-10-15(23)19(9-14(17)21)32(29,30)27-20-11-31-12-25-20/h4-5,8-12,24,26-27H,3,6-7H2,1-2H3. The first-order valence-electron chi connectivity index (χ1n) is 9.53. The van der Waals surface area contributed by atoms with Crippen molar-refractivity contribution in [2.24, 2.45) is 0 Å². The fourth-order valence-electron chi connectivity index (χ4n) is 2.97. The van der Waals surface area contributed by atoms with Crippen LogP contribution in [0.25, 0.3) is 0 Å². The van der Waals surface area contributed by atoms with Crippen LogP contribution in [0.4, 0.5) is 31.7 Å². The van der Waals surface area contributed by atoms with Crippen molar-refractivity contribution in [2.45, 2.75) is 11.3 Å². The molecule has 1 aromatic heterocycles. The minimum Gasteiger partial charge on any atom is -0.373 e. The quantitative estimate of drug-likeness (QED) is 0.350. The summed E-state index contributed by atoms with van der Waals surface area (Å²) >= 11 is 7.47. The van der Waals surface area contributed by atoms with Gasteiger partial charge in [0.15, 0.2) is 5.82 Å². The molecule has 7 nitrogen and oxygen atoms in total. The van der Waals surface area contributed by atoms with Crippen molar-refractivity contribution in [1.82, 2.24) is 10.3 Å². The van der Waals surface area contributed by atoms with E-state index >= 15 is 0 Å². The number of nitrogens with one attached hydrogen (secondary N) is 3. The fourth-order valence-corrected chi connectivity index (χ4v) is 4.89. The van der Waals surface area contributed by atoms with Crippen LogP contribution in [0.5, 0.6) is 0 Å². The molecule has 3 N–H and O–H groups in total. The summed E-state index contributed by atoms with van der Waals surface area (Å²) in [6.45, 7) is 1.45. The average Bonchev–Trinajstić information content (AvgIpc) is 3.24. The van der Waals surface area contributed by atoms with Gasteiger partial charge in [-0.05, 0) is 44.3 Å². The summed E-state index contributed by atoms with van der Waals surface area (Å²) in [6.07, 6.45) is 0.830. The molecule has 0 bridgehead atoms. The van der Waals surface area contributed by atoms with Crippen LogP contribution in [0.2, 0.25) is 5.02 Å². The van der Waals surface area contributed by atoms with Crippen LogP contribution >= 0.6 is 22.9 Å². The van der Waals surface area contributed by atoms with Crippen LogP contribution in [0.3, 0.4) is 0 Å². The molecule has 32 heavy (non-hydrogen) atoms. The summed E-state index contributed by atoms with van der Waals surface area (Å²) in [6, 6.07) is 6.17. The first-order valence-corrected chi connectivity index (χ1v) is 12.3. The number of rotatable bonds is 10. The van der Waals surface area contributed by atoms with Gasteiger partial charge in [-0.15, -0.1) is 11.3 Å². The summed E-state index contributed by atoms with van der Waals surface area (Å²) in [5, 5.41) is 7.50. The van der Waals surface area contributed by atoms with Crippen LogP contribution in [-0.4, -0.2) is 40.6 Å². The topological polar surface area (TPSA) is 86.4 Å². The number of thiazole rings is 1. The predicted octanol–water partition coefficient (Wildman–Crippen LogP) is 4.66. The third-order valence-corrected chi connectivity index (χ3v) is 6.81. The molecule has 0 saturated heterocycles. The third-order valence-electron chi connectivity index (χ3n) is 4.54. The Balaban J connectivity index is 1.88. The lowest BCUT2D eigenvalue weighted by atomic mass is 10.2. The summed E-state index contributed by atoms with van der Waals surface area (Å²) in [7, 11) is -0.557. The summed E-state index contributed by atoms with van der Waals surface area (Å²) in [5.41, 5.74) is 2.65. The molecular weight excluding hydrogens is 480 g/mol. The molecular formula is C20H22ClF2N5O2S2.